The van der Waals surface area contributed by atoms with Crippen LogP contribution in [0.4, 0.5) is 0 Å². The maximum Gasteiger partial charge on any atom is 0.134 e. The first kappa shape index (κ1) is 14.9. The SMILES string of the molecule is CCOCc1nc(=S)cc(-c2c(C)cc(C)cc2C)[nH]1. The largest absolute Gasteiger partial charge is 0.374 e. The Labute approximate surface area is 125 Å². The van der Waals surface area contributed by atoms with Crippen molar-refractivity contribution in [2.45, 2.75) is 34.3 Å². The number of ether oxygens (including phenoxy) is 1. The summed E-state index contributed by atoms with van der Waals surface area (Å²) in [4.78, 5) is 7.64. The van der Waals surface area contributed by atoms with Crippen LogP contribution < -0.4 is 0 Å². The zero-order chi connectivity index (χ0) is 14.7. The molecule has 0 spiro atoms. The minimum Gasteiger partial charge on any atom is -0.374 e. The Bertz CT molecular complexity index is 653. The minimum absolute atomic E-state index is 0.456. The summed E-state index contributed by atoms with van der Waals surface area (Å²) in [5.74, 6) is 0.772. The highest BCUT2D eigenvalue weighted by molar-refractivity contribution is 7.71. The Balaban J connectivity index is 2.53. The molecule has 0 bridgehead atoms. The van der Waals surface area contributed by atoms with Crippen molar-refractivity contribution in [1.29, 1.82) is 0 Å². The summed E-state index contributed by atoms with van der Waals surface area (Å²) in [6.07, 6.45) is 0. The number of rotatable bonds is 4. The molecule has 1 N–H and O–H groups in total. The van der Waals surface area contributed by atoms with Crippen LogP contribution in [0.25, 0.3) is 11.3 Å². The zero-order valence-electron chi connectivity index (χ0n) is 12.4. The summed E-state index contributed by atoms with van der Waals surface area (Å²) in [5.41, 5.74) is 5.95. The lowest BCUT2D eigenvalue weighted by Crippen LogP contribution is -2.02. The third-order valence-electron chi connectivity index (χ3n) is 3.18. The van der Waals surface area contributed by atoms with Crippen molar-refractivity contribution in [1.82, 2.24) is 9.97 Å². The fourth-order valence-corrected chi connectivity index (χ4v) is 2.74. The number of aryl methyl sites for hydroxylation is 3. The second kappa shape index (κ2) is 6.29. The minimum atomic E-state index is 0.456. The summed E-state index contributed by atoms with van der Waals surface area (Å²) >= 11 is 5.26. The van der Waals surface area contributed by atoms with Gasteiger partial charge in [-0.25, -0.2) is 4.98 Å². The molecule has 2 rings (SSSR count). The van der Waals surface area contributed by atoms with Crippen LogP contribution >= 0.6 is 12.2 Å². The van der Waals surface area contributed by atoms with Crippen molar-refractivity contribution in [3.63, 3.8) is 0 Å². The first-order valence-corrected chi connectivity index (χ1v) is 7.18. The Morgan fingerprint density at radius 3 is 2.40 bits per heavy atom. The fourth-order valence-electron chi connectivity index (χ4n) is 2.51. The van der Waals surface area contributed by atoms with E-state index in [1.165, 1.54) is 22.3 Å². The molecule has 0 aliphatic carbocycles. The van der Waals surface area contributed by atoms with Crippen LogP contribution in [0, 0.1) is 25.4 Å². The van der Waals surface area contributed by atoms with Crippen molar-refractivity contribution in [2.75, 3.05) is 6.61 Å². The first-order chi connectivity index (χ1) is 9.51. The number of aromatic amines is 1. The van der Waals surface area contributed by atoms with Gasteiger partial charge in [-0.3, -0.25) is 0 Å². The number of hydrogen-bond donors (Lipinski definition) is 1. The molecule has 3 nitrogen and oxygen atoms in total. The van der Waals surface area contributed by atoms with Gasteiger partial charge in [0.25, 0.3) is 0 Å². The van der Waals surface area contributed by atoms with Crippen LogP contribution in [0.5, 0.6) is 0 Å². The third kappa shape index (κ3) is 3.32. The maximum absolute atomic E-state index is 5.40. The molecule has 2 aromatic rings. The Morgan fingerprint density at radius 2 is 1.80 bits per heavy atom. The molecule has 0 fully saturated rings. The van der Waals surface area contributed by atoms with E-state index in [0.29, 0.717) is 17.9 Å². The molecule has 20 heavy (non-hydrogen) atoms. The van der Waals surface area contributed by atoms with E-state index in [2.05, 4.69) is 42.9 Å². The van der Waals surface area contributed by atoms with Gasteiger partial charge in [-0.2, -0.15) is 0 Å². The van der Waals surface area contributed by atoms with E-state index in [-0.39, 0.29) is 0 Å². The number of aromatic nitrogens is 2. The molecule has 4 heteroatoms. The summed E-state index contributed by atoms with van der Waals surface area (Å²) in [5, 5.41) is 0. The summed E-state index contributed by atoms with van der Waals surface area (Å²) in [6.45, 7) is 9.43. The zero-order valence-corrected chi connectivity index (χ0v) is 13.2. The van der Waals surface area contributed by atoms with Gasteiger partial charge in [0.2, 0.25) is 0 Å². The topological polar surface area (TPSA) is 37.9 Å². The number of benzene rings is 1. The average molecular weight is 288 g/mol. The fraction of sp³-hybridized carbons (Fsp3) is 0.375. The molecule has 0 aliphatic heterocycles. The summed E-state index contributed by atoms with van der Waals surface area (Å²) in [6, 6.07) is 6.28. The Hall–Kier alpha value is -1.52. The predicted octanol–water partition coefficient (Wildman–Crippen LogP) is 4.27. The molecule has 1 aromatic heterocycles. The molecule has 0 radical (unpaired) electrons. The standard InChI is InChI=1S/C16H20N2OS/c1-5-19-9-14-17-13(8-15(20)18-14)16-11(3)6-10(2)7-12(16)4/h6-8H,5,9H2,1-4H3,(H,17,18,20). The molecule has 1 heterocycles. The lowest BCUT2D eigenvalue weighted by atomic mass is 9.97. The van der Waals surface area contributed by atoms with Gasteiger partial charge in [0.1, 0.15) is 17.1 Å². The van der Waals surface area contributed by atoms with Crippen LogP contribution in [0.1, 0.15) is 29.4 Å². The van der Waals surface area contributed by atoms with Gasteiger partial charge in [-0.1, -0.05) is 29.9 Å². The van der Waals surface area contributed by atoms with Crippen LogP contribution in [-0.2, 0) is 11.3 Å². The molecule has 0 saturated carbocycles. The van der Waals surface area contributed by atoms with E-state index in [1.54, 1.807) is 0 Å². The molecule has 0 amide bonds. The van der Waals surface area contributed by atoms with Gasteiger partial charge in [0.05, 0.1) is 5.69 Å². The second-order valence-electron chi connectivity index (χ2n) is 4.99. The molecule has 0 aliphatic rings. The quantitative estimate of drug-likeness (QED) is 0.854. The Kier molecular flexibility index (Phi) is 4.68. The van der Waals surface area contributed by atoms with Crippen molar-refractivity contribution in [3.05, 3.63) is 45.4 Å². The lowest BCUT2D eigenvalue weighted by Gasteiger charge is -2.13. The Morgan fingerprint density at radius 1 is 1.15 bits per heavy atom. The van der Waals surface area contributed by atoms with Crippen molar-refractivity contribution >= 4 is 12.2 Å². The van der Waals surface area contributed by atoms with Crippen molar-refractivity contribution < 1.29 is 4.74 Å². The highest BCUT2D eigenvalue weighted by Crippen LogP contribution is 2.27. The lowest BCUT2D eigenvalue weighted by molar-refractivity contribution is 0.128. The van der Waals surface area contributed by atoms with Gasteiger partial charge in [-0.15, -0.1) is 0 Å². The maximum atomic E-state index is 5.40. The molecule has 1 aromatic carbocycles. The molecular weight excluding hydrogens is 268 g/mol. The van der Waals surface area contributed by atoms with Crippen LogP contribution in [0.2, 0.25) is 0 Å². The number of hydrogen-bond acceptors (Lipinski definition) is 3. The number of nitrogens with zero attached hydrogens (tertiary/aromatic N) is 1. The van der Waals surface area contributed by atoms with E-state index in [0.717, 1.165) is 11.5 Å². The van der Waals surface area contributed by atoms with E-state index in [1.807, 2.05) is 13.0 Å². The van der Waals surface area contributed by atoms with E-state index < -0.39 is 0 Å². The molecule has 0 atom stereocenters. The number of H-pyrrole nitrogens is 1. The van der Waals surface area contributed by atoms with Crippen LogP contribution in [-0.4, -0.2) is 16.6 Å². The average Bonchev–Trinajstić information content (AvgIpc) is 2.34. The highest BCUT2D eigenvalue weighted by Gasteiger charge is 2.09. The van der Waals surface area contributed by atoms with Crippen molar-refractivity contribution in [2.24, 2.45) is 0 Å². The van der Waals surface area contributed by atoms with E-state index in [9.17, 15) is 0 Å². The molecular formula is C16H20N2OS. The molecule has 0 unspecified atom stereocenters. The van der Waals surface area contributed by atoms with Crippen LogP contribution in [0.3, 0.4) is 0 Å². The first-order valence-electron chi connectivity index (χ1n) is 6.77. The van der Waals surface area contributed by atoms with E-state index >= 15 is 0 Å². The molecule has 0 saturated heterocycles. The molecule has 106 valence electrons. The van der Waals surface area contributed by atoms with Gasteiger partial charge >= 0.3 is 0 Å². The van der Waals surface area contributed by atoms with Crippen molar-refractivity contribution in [3.8, 4) is 11.3 Å². The van der Waals surface area contributed by atoms with Gasteiger partial charge in [0, 0.05) is 12.2 Å². The third-order valence-corrected chi connectivity index (χ3v) is 3.39. The normalized spacial score (nSPS) is 10.8. The van der Waals surface area contributed by atoms with E-state index in [4.69, 9.17) is 17.0 Å². The second-order valence-corrected chi connectivity index (χ2v) is 5.41. The van der Waals surface area contributed by atoms with Gasteiger partial charge < -0.3 is 9.72 Å². The predicted molar refractivity (Wildman–Crippen MR) is 84.4 cm³/mol. The summed E-state index contributed by atoms with van der Waals surface area (Å²) in [7, 11) is 0. The van der Waals surface area contributed by atoms with Crippen LogP contribution in [0.15, 0.2) is 18.2 Å². The number of nitrogens with one attached hydrogen (secondary N) is 1. The van der Waals surface area contributed by atoms with Gasteiger partial charge in [-0.05, 0) is 44.9 Å². The monoisotopic (exact) mass is 288 g/mol. The summed E-state index contributed by atoms with van der Waals surface area (Å²) < 4.78 is 6.00. The van der Waals surface area contributed by atoms with Gasteiger partial charge in [0.15, 0.2) is 0 Å². The smallest absolute Gasteiger partial charge is 0.134 e. The highest BCUT2D eigenvalue weighted by atomic mass is 32.1.